The highest BCUT2D eigenvalue weighted by Gasteiger charge is 2.25. The van der Waals surface area contributed by atoms with E-state index in [-0.39, 0.29) is 11.5 Å². The second-order valence-corrected chi connectivity index (χ2v) is 7.80. The van der Waals surface area contributed by atoms with Crippen molar-refractivity contribution >= 4 is 39.0 Å². The largest absolute Gasteiger partial charge is 0.354 e. The summed E-state index contributed by atoms with van der Waals surface area (Å²) in [6.45, 7) is 2.54. The van der Waals surface area contributed by atoms with Gasteiger partial charge in [0.25, 0.3) is 5.56 Å². The van der Waals surface area contributed by atoms with Crippen molar-refractivity contribution in [2.75, 3.05) is 6.54 Å². The van der Waals surface area contributed by atoms with Gasteiger partial charge in [0.05, 0.1) is 11.7 Å². The molecule has 4 aromatic rings. The first-order chi connectivity index (χ1) is 13.6. The van der Waals surface area contributed by atoms with Gasteiger partial charge in [-0.2, -0.15) is 5.10 Å². The molecule has 1 amide bonds. The van der Waals surface area contributed by atoms with Crippen molar-refractivity contribution in [3.05, 3.63) is 63.2 Å². The number of para-hydroxylation sites is 1. The number of rotatable bonds is 6. The molecular formula is C21H22N4O2S. The van der Waals surface area contributed by atoms with Gasteiger partial charge in [-0.3, -0.25) is 9.59 Å². The van der Waals surface area contributed by atoms with Crippen LogP contribution < -0.4 is 10.9 Å². The zero-order valence-electron chi connectivity index (χ0n) is 15.9. The summed E-state index contributed by atoms with van der Waals surface area (Å²) >= 11 is 1.69. The molecule has 3 aromatic heterocycles. The van der Waals surface area contributed by atoms with Crippen LogP contribution in [0.5, 0.6) is 0 Å². The van der Waals surface area contributed by atoms with E-state index in [0.29, 0.717) is 18.5 Å². The normalized spacial score (nSPS) is 12.5. The zero-order valence-corrected chi connectivity index (χ0v) is 16.7. The highest BCUT2D eigenvalue weighted by molar-refractivity contribution is 7.09. The topological polar surface area (TPSA) is 68.9 Å². The minimum absolute atomic E-state index is 0.0689. The second kappa shape index (κ2) is 7.59. The smallest absolute Gasteiger partial charge is 0.291 e. The molecule has 28 heavy (non-hydrogen) atoms. The van der Waals surface area contributed by atoms with Crippen molar-refractivity contribution in [2.24, 2.45) is 7.05 Å². The van der Waals surface area contributed by atoms with E-state index in [1.165, 1.54) is 9.56 Å². The highest BCUT2D eigenvalue weighted by atomic mass is 32.1. The lowest BCUT2D eigenvalue weighted by Crippen LogP contribution is -2.34. The van der Waals surface area contributed by atoms with Gasteiger partial charge >= 0.3 is 0 Å². The minimum Gasteiger partial charge on any atom is -0.354 e. The van der Waals surface area contributed by atoms with Gasteiger partial charge in [-0.05, 0) is 30.4 Å². The van der Waals surface area contributed by atoms with E-state index in [1.54, 1.807) is 24.6 Å². The van der Waals surface area contributed by atoms with E-state index >= 15 is 0 Å². The predicted molar refractivity (Wildman–Crippen MR) is 113 cm³/mol. The maximum absolute atomic E-state index is 13.0. The number of fused-ring (bicyclic) bond motifs is 3. The Hall–Kier alpha value is -2.93. The molecule has 0 aliphatic rings. The van der Waals surface area contributed by atoms with Gasteiger partial charge in [-0.25, -0.2) is 4.68 Å². The van der Waals surface area contributed by atoms with E-state index in [9.17, 15) is 9.59 Å². The van der Waals surface area contributed by atoms with Gasteiger partial charge < -0.3 is 9.88 Å². The molecule has 0 fully saturated rings. The van der Waals surface area contributed by atoms with Crippen molar-refractivity contribution in [1.29, 1.82) is 0 Å². The molecule has 1 atom stereocenters. The van der Waals surface area contributed by atoms with Crippen LogP contribution in [0.15, 0.2) is 52.8 Å². The van der Waals surface area contributed by atoms with Crippen LogP contribution in [0.25, 0.3) is 21.8 Å². The molecule has 6 nitrogen and oxygen atoms in total. The van der Waals surface area contributed by atoms with Gasteiger partial charge in [-0.15, -0.1) is 11.3 Å². The molecule has 0 aliphatic carbocycles. The molecule has 0 bridgehead atoms. The number of hydrogen-bond acceptors (Lipinski definition) is 4. The van der Waals surface area contributed by atoms with Crippen molar-refractivity contribution in [2.45, 2.75) is 25.8 Å². The SMILES string of the molecule is CC[C@@H](C(=O)NCCc1cccs1)n1c2ccccc2c2cnn(C)c(=O)c21. The van der Waals surface area contributed by atoms with Crippen molar-refractivity contribution in [3.8, 4) is 0 Å². The van der Waals surface area contributed by atoms with E-state index < -0.39 is 6.04 Å². The number of nitrogens with one attached hydrogen (secondary N) is 1. The van der Waals surface area contributed by atoms with Crippen LogP contribution in [0, 0.1) is 0 Å². The van der Waals surface area contributed by atoms with Gasteiger partial charge in [0.15, 0.2) is 0 Å². The van der Waals surface area contributed by atoms with Gasteiger partial charge in [0, 0.05) is 29.2 Å². The third-order valence-corrected chi connectivity index (χ3v) is 5.99. The fourth-order valence-corrected chi connectivity index (χ4v) is 4.39. The van der Waals surface area contributed by atoms with Crippen LogP contribution in [-0.4, -0.2) is 26.8 Å². The summed E-state index contributed by atoms with van der Waals surface area (Å²) in [7, 11) is 1.63. The lowest BCUT2D eigenvalue weighted by molar-refractivity contribution is -0.124. The Morgan fingerprint density at radius 2 is 2.04 bits per heavy atom. The van der Waals surface area contributed by atoms with Crippen LogP contribution in [0.4, 0.5) is 0 Å². The molecule has 1 aromatic carbocycles. The number of thiophene rings is 1. The molecule has 1 N–H and O–H groups in total. The number of hydrogen-bond donors (Lipinski definition) is 1. The van der Waals surface area contributed by atoms with Crippen LogP contribution in [-0.2, 0) is 18.3 Å². The number of carbonyl (C=O) groups is 1. The summed E-state index contributed by atoms with van der Waals surface area (Å²) in [4.78, 5) is 27.2. The molecule has 0 unspecified atom stereocenters. The Labute approximate surface area is 166 Å². The highest BCUT2D eigenvalue weighted by Crippen LogP contribution is 2.30. The summed E-state index contributed by atoms with van der Waals surface area (Å²) in [5, 5.41) is 11.0. The van der Waals surface area contributed by atoms with Crippen LogP contribution in [0.2, 0.25) is 0 Å². The summed E-state index contributed by atoms with van der Waals surface area (Å²) in [6, 6.07) is 11.4. The molecule has 0 saturated carbocycles. The number of carbonyl (C=O) groups excluding carboxylic acids is 1. The summed E-state index contributed by atoms with van der Waals surface area (Å²) in [6.07, 6.45) is 3.10. The average molecular weight is 395 g/mol. The fraction of sp³-hybridized carbons (Fsp3) is 0.286. The molecule has 3 heterocycles. The molecule has 4 rings (SSSR count). The first-order valence-corrected chi connectivity index (χ1v) is 10.2. The maximum Gasteiger partial charge on any atom is 0.291 e. The first kappa shape index (κ1) is 18.4. The molecule has 144 valence electrons. The Kier molecular flexibility index (Phi) is 5.00. The Bertz CT molecular complexity index is 1190. The quantitative estimate of drug-likeness (QED) is 0.546. The average Bonchev–Trinajstić information content (AvgIpc) is 3.33. The number of benzene rings is 1. The standard InChI is InChI=1S/C21H22N4O2S/c1-3-17(20(26)22-11-10-14-7-6-12-28-14)25-18-9-5-4-8-15(18)16-13-23-24(2)21(27)19(16)25/h4-9,12-13,17H,3,10-11H2,1-2H3,(H,22,26)/t17-/m0/s1. The minimum atomic E-state index is -0.458. The molecule has 0 aliphatic heterocycles. The third-order valence-electron chi connectivity index (χ3n) is 5.06. The summed E-state index contributed by atoms with van der Waals surface area (Å²) < 4.78 is 3.20. The Morgan fingerprint density at radius 1 is 1.21 bits per heavy atom. The third kappa shape index (κ3) is 3.11. The number of nitrogens with zero attached hydrogens (tertiary/aromatic N) is 3. The lowest BCUT2D eigenvalue weighted by Gasteiger charge is -2.19. The Morgan fingerprint density at radius 3 is 2.79 bits per heavy atom. The molecular weight excluding hydrogens is 372 g/mol. The predicted octanol–water partition coefficient (Wildman–Crippen LogP) is 3.26. The van der Waals surface area contributed by atoms with Crippen LogP contribution in [0.3, 0.4) is 0 Å². The van der Waals surface area contributed by atoms with E-state index in [2.05, 4.69) is 16.5 Å². The summed E-state index contributed by atoms with van der Waals surface area (Å²) in [5.41, 5.74) is 1.21. The van der Waals surface area contributed by atoms with E-state index in [0.717, 1.165) is 22.7 Å². The van der Waals surface area contributed by atoms with Crippen molar-refractivity contribution in [1.82, 2.24) is 19.7 Å². The summed E-state index contributed by atoms with van der Waals surface area (Å²) in [5.74, 6) is -0.0689. The lowest BCUT2D eigenvalue weighted by atomic mass is 10.2. The van der Waals surface area contributed by atoms with E-state index in [4.69, 9.17) is 0 Å². The van der Waals surface area contributed by atoms with E-state index in [1.807, 2.05) is 47.2 Å². The second-order valence-electron chi connectivity index (χ2n) is 6.77. The number of aromatic nitrogens is 3. The first-order valence-electron chi connectivity index (χ1n) is 9.37. The fourth-order valence-electron chi connectivity index (χ4n) is 3.68. The van der Waals surface area contributed by atoms with Gasteiger partial charge in [-0.1, -0.05) is 31.2 Å². The van der Waals surface area contributed by atoms with Crippen molar-refractivity contribution < 1.29 is 4.79 Å². The molecule has 0 spiro atoms. The molecule has 0 radical (unpaired) electrons. The number of amides is 1. The Balaban J connectivity index is 1.75. The molecule has 0 saturated heterocycles. The molecule has 7 heteroatoms. The zero-order chi connectivity index (χ0) is 19.7. The monoisotopic (exact) mass is 394 g/mol. The maximum atomic E-state index is 13.0. The van der Waals surface area contributed by atoms with Crippen LogP contribution in [0.1, 0.15) is 24.3 Å². The van der Waals surface area contributed by atoms with Crippen LogP contribution >= 0.6 is 11.3 Å². The van der Waals surface area contributed by atoms with Gasteiger partial charge in [0.1, 0.15) is 11.6 Å². The van der Waals surface area contributed by atoms with Crippen molar-refractivity contribution in [3.63, 3.8) is 0 Å². The van der Waals surface area contributed by atoms with Gasteiger partial charge in [0.2, 0.25) is 5.91 Å². The number of aryl methyl sites for hydroxylation is 1.